The number of fused-ring (bicyclic) bond motifs is 1. The second-order valence-corrected chi connectivity index (χ2v) is 5.46. The van der Waals surface area contributed by atoms with Gasteiger partial charge in [-0.2, -0.15) is 0 Å². The molecule has 5 heteroatoms. The van der Waals surface area contributed by atoms with Gasteiger partial charge in [-0.05, 0) is 26.3 Å². The first-order valence-electron chi connectivity index (χ1n) is 5.30. The van der Waals surface area contributed by atoms with Crippen molar-refractivity contribution in [1.29, 1.82) is 0 Å². The summed E-state index contributed by atoms with van der Waals surface area (Å²) >= 11 is 7.76. The molecule has 0 aliphatic carbocycles. The molecule has 2 heterocycles. The fourth-order valence-electron chi connectivity index (χ4n) is 1.39. The van der Waals surface area contributed by atoms with E-state index in [2.05, 4.69) is 29.1 Å². The zero-order chi connectivity index (χ0) is 11.7. The molecule has 1 unspecified atom stereocenters. The third-order valence-corrected chi connectivity index (χ3v) is 3.69. The predicted molar refractivity (Wildman–Crippen MR) is 70.5 cm³/mol. The molecule has 1 N–H and O–H groups in total. The van der Waals surface area contributed by atoms with Crippen molar-refractivity contribution in [1.82, 2.24) is 9.97 Å². The summed E-state index contributed by atoms with van der Waals surface area (Å²) in [4.78, 5) is 10.9. The van der Waals surface area contributed by atoms with Crippen molar-refractivity contribution >= 4 is 39.1 Å². The molecule has 0 saturated carbocycles. The lowest BCUT2D eigenvalue weighted by atomic mass is 10.3. The van der Waals surface area contributed by atoms with Crippen LogP contribution in [0.3, 0.4) is 0 Å². The van der Waals surface area contributed by atoms with Crippen LogP contribution >= 0.6 is 22.9 Å². The van der Waals surface area contributed by atoms with E-state index in [1.165, 1.54) is 4.88 Å². The Kier molecular flexibility index (Phi) is 3.30. The molecule has 0 aromatic carbocycles. The van der Waals surface area contributed by atoms with Gasteiger partial charge in [-0.25, -0.2) is 9.97 Å². The van der Waals surface area contributed by atoms with Crippen LogP contribution in [-0.2, 0) is 0 Å². The van der Waals surface area contributed by atoms with Gasteiger partial charge in [-0.1, -0.05) is 18.5 Å². The number of rotatable bonds is 3. The monoisotopic (exact) mass is 255 g/mol. The quantitative estimate of drug-likeness (QED) is 0.847. The summed E-state index contributed by atoms with van der Waals surface area (Å²) in [5.74, 6) is 0.619. The lowest BCUT2D eigenvalue weighted by Crippen LogP contribution is -2.15. The number of nitrogens with zero attached hydrogens (tertiary/aromatic N) is 2. The Labute approximate surface area is 104 Å². The molecule has 0 aliphatic rings. The minimum Gasteiger partial charge on any atom is -0.352 e. The number of hydrogen-bond acceptors (Lipinski definition) is 4. The number of thiophene rings is 1. The van der Waals surface area contributed by atoms with Gasteiger partial charge in [0.05, 0.1) is 0 Å². The van der Waals surface area contributed by atoms with E-state index in [9.17, 15) is 0 Å². The third-order valence-electron chi connectivity index (χ3n) is 2.46. The molecule has 0 fully saturated rings. The van der Waals surface area contributed by atoms with Gasteiger partial charge in [0.2, 0.25) is 5.95 Å². The molecular formula is C11H14ClN3S. The highest BCUT2D eigenvalue weighted by Crippen LogP contribution is 2.29. The maximum atomic E-state index is 6.12. The number of anilines is 1. The minimum absolute atomic E-state index is 0.356. The molecule has 2 rings (SSSR count). The van der Waals surface area contributed by atoms with Crippen LogP contribution in [0.15, 0.2) is 6.07 Å². The minimum atomic E-state index is 0.356. The zero-order valence-electron chi connectivity index (χ0n) is 9.54. The number of hydrogen-bond donors (Lipinski definition) is 1. The van der Waals surface area contributed by atoms with Crippen molar-refractivity contribution in [3.05, 3.63) is 16.1 Å². The number of halogens is 1. The van der Waals surface area contributed by atoms with Gasteiger partial charge in [-0.3, -0.25) is 0 Å². The summed E-state index contributed by atoms with van der Waals surface area (Å²) < 4.78 is 0. The van der Waals surface area contributed by atoms with Gasteiger partial charge in [0, 0.05) is 16.3 Å². The Hall–Kier alpha value is -0.870. The van der Waals surface area contributed by atoms with Crippen LogP contribution < -0.4 is 5.32 Å². The topological polar surface area (TPSA) is 37.8 Å². The van der Waals surface area contributed by atoms with E-state index >= 15 is 0 Å². The molecular weight excluding hydrogens is 242 g/mol. The first kappa shape index (κ1) is 11.6. The van der Waals surface area contributed by atoms with Gasteiger partial charge < -0.3 is 5.32 Å². The highest BCUT2D eigenvalue weighted by atomic mass is 35.5. The number of aryl methyl sites for hydroxylation is 1. The summed E-state index contributed by atoms with van der Waals surface area (Å²) in [5.41, 5.74) is 0. The average molecular weight is 256 g/mol. The van der Waals surface area contributed by atoms with Crippen LogP contribution in [0.1, 0.15) is 25.1 Å². The van der Waals surface area contributed by atoms with Crippen molar-refractivity contribution < 1.29 is 0 Å². The summed E-state index contributed by atoms with van der Waals surface area (Å²) in [6.07, 6.45) is 1.03. The van der Waals surface area contributed by atoms with E-state index in [-0.39, 0.29) is 0 Å². The van der Waals surface area contributed by atoms with Gasteiger partial charge >= 0.3 is 0 Å². The average Bonchev–Trinajstić information content (AvgIpc) is 2.59. The first-order valence-corrected chi connectivity index (χ1v) is 6.49. The van der Waals surface area contributed by atoms with Gasteiger partial charge in [0.1, 0.15) is 9.98 Å². The van der Waals surface area contributed by atoms with Gasteiger partial charge in [-0.15, -0.1) is 11.3 Å². The fourth-order valence-corrected chi connectivity index (χ4v) is 2.55. The van der Waals surface area contributed by atoms with Crippen LogP contribution in [0.5, 0.6) is 0 Å². The van der Waals surface area contributed by atoms with Crippen molar-refractivity contribution in [2.24, 2.45) is 0 Å². The smallest absolute Gasteiger partial charge is 0.225 e. The highest BCUT2D eigenvalue weighted by molar-refractivity contribution is 7.18. The fraction of sp³-hybridized carbons (Fsp3) is 0.455. The normalized spacial score (nSPS) is 13.0. The Morgan fingerprint density at radius 3 is 2.94 bits per heavy atom. The van der Waals surface area contributed by atoms with Crippen molar-refractivity contribution in [2.75, 3.05) is 5.32 Å². The zero-order valence-corrected chi connectivity index (χ0v) is 11.1. The van der Waals surface area contributed by atoms with Crippen LogP contribution in [0.2, 0.25) is 5.15 Å². The SMILES string of the molecule is CCC(C)Nc1nc(Cl)c2cc(C)sc2n1. The number of nitrogens with one attached hydrogen (secondary N) is 1. The molecule has 3 nitrogen and oxygen atoms in total. The van der Waals surface area contributed by atoms with E-state index < -0.39 is 0 Å². The van der Waals surface area contributed by atoms with Crippen LogP contribution in [0.4, 0.5) is 5.95 Å². The van der Waals surface area contributed by atoms with E-state index in [1.807, 2.05) is 13.0 Å². The standard InChI is InChI=1S/C11H14ClN3S/c1-4-6(2)13-11-14-9(12)8-5-7(3)16-10(8)15-11/h5-6H,4H2,1-3H3,(H,13,14,15). The van der Waals surface area contributed by atoms with E-state index in [0.717, 1.165) is 16.6 Å². The summed E-state index contributed by atoms with van der Waals surface area (Å²) in [7, 11) is 0. The Bertz CT molecular complexity index is 509. The highest BCUT2D eigenvalue weighted by Gasteiger charge is 2.09. The van der Waals surface area contributed by atoms with Crippen molar-refractivity contribution in [3.63, 3.8) is 0 Å². The van der Waals surface area contributed by atoms with E-state index in [4.69, 9.17) is 11.6 Å². The second kappa shape index (κ2) is 4.55. The number of aromatic nitrogens is 2. The molecule has 2 aromatic rings. The molecule has 0 saturated heterocycles. The van der Waals surface area contributed by atoms with Crippen LogP contribution in [0.25, 0.3) is 10.2 Å². The first-order chi connectivity index (χ1) is 7.60. The summed E-state index contributed by atoms with van der Waals surface area (Å²) in [6.45, 7) is 6.26. The lowest BCUT2D eigenvalue weighted by Gasteiger charge is -2.10. The van der Waals surface area contributed by atoms with Gasteiger partial charge in [0.25, 0.3) is 0 Å². The largest absolute Gasteiger partial charge is 0.352 e. The van der Waals surface area contributed by atoms with E-state index in [0.29, 0.717) is 17.1 Å². The maximum absolute atomic E-state index is 6.12. The molecule has 0 amide bonds. The van der Waals surface area contributed by atoms with Crippen LogP contribution in [0, 0.1) is 6.92 Å². The van der Waals surface area contributed by atoms with Gasteiger partial charge in [0.15, 0.2) is 0 Å². The molecule has 0 aliphatic heterocycles. The van der Waals surface area contributed by atoms with E-state index in [1.54, 1.807) is 11.3 Å². The molecule has 1 atom stereocenters. The molecule has 16 heavy (non-hydrogen) atoms. The lowest BCUT2D eigenvalue weighted by molar-refractivity contribution is 0.754. The second-order valence-electron chi connectivity index (χ2n) is 3.87. The van der Waals surface area contributed by atoms with Crippen molar-refractivity contribution in [2.45, 2.75) is 33.2 Å². The molecule has 86 valence electrons. The molecule has 2 aromatic heterocycles. The summed E-state index contributed by atoms with van der Waals surface area (Å²) in [6, 6.07) is 2.38. The molecule has 0 spiro atoms. The predicted octanol–water partition coefficient (Wildman–Crippen LogP) is 3.86. The maximum Gasteiger partial charge on any atom is 0.225 e. The third kappa shape index (κ3) is 2.28. The molecule has 0 radical (unpaired) electrons. The van der Waals surface area contributed by atoms with Crippen LogP contribution in [-0.4, -0.2) is 16.0 Å². The Balaban J connectivity index is 2.41. The Morgan fingerprint density at radius 2 is 2.25 bits per heavy atom. The van der Waals surface area contributed by atoms with Crippen molar-refractivity contribution in [3.8, 4) is 0 Å². The molecule has 0 bridgehead atoms. The Morgan fingerprint density at radius 1 is 1.50 bits per heavy atom. The summed E-state index contributed by atoms with van der Waals surface area (Å²) in [5, 5.41) is 4.71.